The minimum atomic E-state index is -0.0363. The molecule has 0 bridgehead atoms. The Morgan fingerprint density at radius 1 is 0.818 bits per heavy atom. The average molecular weight is 433 g/mol. The van der Waals surface area contributed by atoms with Gasteiger partial charge < -0.3 is 9.97 Å². The summed E-state index contributed by atoms with van der Waals surface area (Å²) in [6.45, 7) is 2.24. The van der Waals surface area contributed by atoms with Crippen LogP contribution in [0, 0.1) is 0 Å². The van der Waals surface area contributed by atoms with Crippen molar-refractivity contribution in [1.82, 2.24) is 19.9 Å². The molecular weight excluding hydrogens is 408 g/mol. The van der Waals surface area contributed by atoms with E-state index >= 15 is 0 Å². The van der Waals surface area contributed by atoms with Crippen LogP contribution in [0.5, 0.6) is 0 Å². The molecule has 33 heavy (non-hydrogen) atoms. The van der Waals surface area contributed by atoms with E-state index in [9.17, 15) is 4.79 Å². The molecule has 0 unspecified atom stereocenters. The fourth-order valence-corrected chi connectivity index (χ4v) is 4.79. The third-order valence-electron chi connectivity index (χ3n) is 6.45. The number of fused-ring (bicyclic) bond motifs is 2. The number of aromatic nitrogens is 3. The highest BCUT2D eigenvalue weighted by atomic mass is 16.1. The molecule has 5 nitrogen and oxygen atoms in total. The predicted molar refractivity (Wildman–Crippen MR) is 132 cm³/mol. The molecule has 0 aliphatic carbocycles. The Morgan fingerprint density at radius 2 is 1.52 bits per heavy atom. The summed E-state index contributed by atoms with van der Waals surface area (Å²) in [5.41, 5.74) is 7.32. The fourth-order valence-electron chi connectivity index (χ4n) is 4.79. The first-order valence-electron chi connectivity index (χ1n) is 11.3. The molecule has 2 aromatic heterocycles. The van der Waals surface area contributed by atoms with Crippen LogP contribution in [0.1, 0.15) is 16.8 Å². The smallest absolute Gasteiger partial charge is 0.255 e. The normalized spacial score (nSPS) is 13.8. The van der Waals surface area contributed by atoms with Crippen molar-refractivity contribution in [2.75, 3.05) is 6.54 Å². The van der Waals surface area contributed by atoms with Crippen LogP contribution in [-0.4, -0.2) is 26.4 Å². The van der Waals surface area contributed by atoms with Crippen LogP contribution in [0.3, 0.4) is 0 Å². The molecule has 0 amide bonds. The quantitative estimate of drug-likeness (QED) is 0.413. The zero-order valence-corrected chi connectivity index (χ0v) is 18.2. The number of hydrogen-bond acceptors (Lipinski definition) is 3. The van der Waals surface area contributed by atoms with E-state index in [1.165, 1.54) is 16.5 Å². The lowest BCUT2D eigenvalue weighted by molar-refractivity contribution is 0.243. The molecular formula is C28H24N4O. The number of rotatable bonds is 4. The molecule has 3 heterocycles. The molecule has 6 rings (SSSR count). The largest absolute Gasteiger partial charge is 0.354 e. The van der Waals surface area contributed by atoms with Crippen molar-refractivity contribution in [3.63, 3.8) is 0 Å². The Balaban J connectivity index is 1.34. The first-order valence-corrected chi connectivity index (χ1v) is 11.3. The predicted octanol–water partition coefficient (Wildman–Crippen LogP) is 5.14. The van der Waals surface area contributed by atoms with Gasteiger partial charge in [-0.1, -0.05) is 78.9 Å². The third kappa shape index (κ3) is 3.66. The highest BCUT2D eigenvalue weighted by Crippen LogP contribution is 2.32. The average Bonchev–Trinajstić information content (AvgIpc) is 3.24. The molecule has 0 saturated heterocycles. The maximum Gasteiger partial charge on any atom is 0.255 e. The van der Waals surface area contributed by atoms with Crippen molar-refractivity contribution >= 4 is 10.9 Å². The summed E-state index contributed by atoms with van der Waals surface area (Å²) in [5, 5.41) is 1.23. The lowest BCUT2D eigenvalue weighted by Crippen LogP contribution is -2.35. The van der Waals surface area contributed by atoms with Crippen LogP contribution in [0.15, 0.2) is 89.7 Å². The Morgan fingerprint density at radius 3 is 2.30 bits per heavy atom. The van der Waals surface area contributed by atoms with Gasteiger partial charge in [0.05, 0.1) is 17.0 Å². The molecule has 0 saturated carbocycles. The van der Waals surface area contributed by atoms with E-state index < -0.39 is 0 Å². The van der Waals surface area contributed by atoms with Crippen LogP contribution in [0.25, 0.3) is 33.5 Å². The molecule has 1 aliphatic rings. The van der Waals surface area contributed by atoms with Crippen molar-refractivity contribution in [2.24, 2.45) is 0 Å². The number of nitrogens with one attached hydrogen (secondary N) is 2. The maximum absolute atomic E-state index is 13.0. The van der Waals surface area contributed by atoms with Gasteiger partial charge in [0.1, 0.15) is 5.82 Å². The zero-order valence-electron chi connectivity index (χ0n) is 18.2. The molecule has 2 N–H and O–H groups in total. The monoisotopic (exact) mass is 432 g/mol. The summed E-state index contributed by atoms with van der Waals surface area (Å²) in [6, 6.07) is 28.7. The van der Waals surface area contributed by atoms with E-state index in [0.29, 0.717) is 12.4 Å². The summed E-state index contributed by atoms with van der Waals surface area (Å²) in [4.78, 5) is 26.7. The minimum Gasteiger partial charge on any atom is -0.354 e. The molecule has 0 atom stereocenters. The summed E-state index contributed by atoms with van der Waals surface area (Å²) >= 11 is 0. The first-order chi connectivity index (χ1) is 16.3. The van der Waals surface area contributed by atoms with Gasteiger partial charge in [-0.2, -0.15) is 0 Å². The van der Waals surface area contributed by atoms with Crippen LogP contribution in [-0.2, 0) is 19.5 Å². The van der Waals surface area contributed by atoms with Crippen molar-refractivity contribution in [1.29, 1.82) is 0 Å². The van der Waals surface area contributed by atoms with E-state index in [1.807, 2.05) is 36.4 Å². The lowest BCUT2D eigenvalue weighted by atomic mass is 10.0. The van der Waals surface area contributed by atoms with Crippen molar-refractivity contribution < 1.29 is 0 Å². The van der Waals surface area contributed by atoms with E-state index in [2.05, 4.69) is 63.4 Å². The standard InChI is InChI=1S/C28H24N4O/c33-28-23-18-32(16-15-25(23)30-27(31-28)20-11-5-2-6-12-20)17-22-21-13-7-8-14-24(21)29-26(22)19-9-3-1-4-10-19/h1-14,29H,15-18H2,(H,30,31,33). The second kappa shape index (κ2) is 8.19. The summed E-state index contributed by atoms with van der Waals surface area (Å²) in [5.74, 6) is 0.649. The van der Waals surface area contributed by atoms with Gasteiger partial charge in [0.25, 0.3) is 5.56 Å². The number of H-pyrrole nitrogens is 2. The number of aromatic amines is 2. The fraction of sp³-hybridized carbons (Fsp3) is 0.143. The Bertz CT molecular complexity index is 1490. The van der Waals surface area contributed by atoms with Gasteiger partial charge in [0.15, 0.2) is 0 Å². The van der Waals surface area contributed by atoms with Crippen molar-refractivity contribution in [3.05, 3.63) is 112 Å². The van der Waals surface area contributed by atoms with E-state index in [-0.39, 0.29) is 5.56 Å². The van der Waals surface area contributed by atoms with Crippen molar-refractivity contribution in [3.8, 4) is 22.6 Å². The molecule has 1 aliphatic heterocycles. The number of nitrogens with zero attached hydrogens (tertiary/aromatic N) is 2. The lowest BCUT2D eigenvalue weighted by Gasteiger charge is -2.28. The molecule has 3 aromatic carbocycles. The Hall–Kier alpha value is -3.96. The second-order valence-corrected chi connectivity index (χ2v) is 8.56. The van der Waals surface area contributed by atoms with Gasteiger partial charge in [-0.15, -0.1) is 0 Å². The molecule has 0 fully saturated rings. The third-order valence-corrected chi connectivity index (χ3v) is 6.45. The highest BCUT2D eigenvalue weighted by molar-refractivity contribution is 5.90. The Labute approximate surface area is 191 Å². The molecule has 162 valence electrons. The van der Waals surface area contributed by atoms with Gasteiger partial charge in [0, 0.05) is 42.5 Å². The summed E-state index contributed by atoms with van der Waals surface area (Å²) < 4.78 is 0. The molecule has 0 spiro atoms. The number of benzene rings is 3. The molecule has 5 aromatic rings. The minimum absolute atomic E-state index is 0.0363. The number of hydrogen-bond donors (Lipinski definition) is 2. The number of para-hydroxylation sites is 1. The molecule has 0 radical (unpaired) electrons. The molecule has 5 heteroatoms. The Kier molecular flexibility index (Phi) is 4.89. The van der Waals surface area contributed by atoms with Crippen LogP contribution < -0.4 is 5.56 Å². The van der Waals surface area contributed by atoms with Crippen LogP contribution >= 0.6 is 0 Å². The second-order valence-electron chi connectivity index (χ2n) is 8.56. The topological polar surface area (TPSA) is 64.8 Å². The van der Waals surface area contributed by atoms with Crippen LogP contribution in [0.2, 0.25) is 0 Å². The van der Waals surface area contributed by atoms with Gasteiger partial charge >= 0.3 is 0 Å². The highest BCUT2D eigenvalue weighted by Gasteiger charge is 2.24. The SMILES string of the molecule is O=c1[nH]c(-c2ccccc2)nc2c1CN(Cc1c(-c3ccccc3)[nH]c3ccccc13)CC2. The zero-order chi connectivity index (χ0) is 22.2. The maximum atomic E-state index is 13.0. The van der Waals surface area contributed by atoms with Crippen LogP contribution in [0.4, 0.5) is 0 Å². The summed E-state index contributed by atoms with van der Waals surface area (Å²) in [7, 11) is 0. The van der Waals surface area contributed by atoms with Crippen molar-refractivity contribution in [2.45, 2.75) is 19.5 Å². The summed E-state index contributed by atoms with van der Waals surface area (Å²) in [6.07, 6.45) is 0.766. The first kappa shape index (κ1) is 19.7. The van der Waals surface area contributed by atoms with Gasteiger partial charge in [-0.05, 0) is 17.2 Å². The van der Waals surface area contributed by atoms with E-state index in [0.717, 1.165) is 47.5 Å². The van der Waals surface area contributed by atoms with Gasteiger partial charge in [0.2, 0.25) is 0 Å². The van der Waals surface area contributed by atoms with E-state index in [4.69, 9.17) is 4.98 Å². The van der Waals surface area contributed by atoms with E-state index in [1.54, 1.807) is 0 Å². The van der Waals surface area contributed by atoms with Gasteiger partial charge in [-0.3, -0.25) is 9.69 Å². The van der Waals surface area contributed by atoms with Gasteiger partial charge in [-0.25, -0.2) is 4.98 Å².